The van der Waals surface area contributed by atoms with E-state index in [1.54, 1.807) is 0 Å². The van der Waals surface area contributed by atoms with Crippen molar-refractivity contribution in [3.8, 4) is 0 Å². The number of carbonyl (C=O) groups is 1. The Kier molecular flexibility index (Phi) is 5.07. The van der Waals surface area contributed by atoms with Gasteiger partial charge < -0.3 is 10.2 Å². The molecule has 2 saturated heterocycles. The second kappa shape index (κ2) is 6.43. The van der Waals surface area contributed by atoms with Gasteiger partial charge in [0, 0.05) is 12.6 Å². The highest BCUT2D eigenvalue weighted by atomic mass is 32.2. The summed E-state index contributed by atoms with van der Waals surface area (Å²) >= 11 is 0. The molecule has 0 saturated carbocycles. The summed E-state index contributed by atoms with van der Waals surface area (Å²) < 4.78 is 23.5. The Morgan fingerprint density at radius 2 is 2.00 bits per heavy atom. The molecule has 0 aromatic heterocycles. The van der Waals surface area contributed by atoms with E-state index in [1.165, 1.54) is 0 Å². The van der Waals surface area contributed by atoms with Crippen LogP contribution in [0.4, 0.5) is 0 Å². The summed E-state index contributed by atoms with van der Waals surface area (Å²) in [6.45, 7) is 2.67. The molecule has 5 nitrogen and oxygen atoms in total. The van der Waals surface area contributed by atoms with Crippen molar-refractivity contribution in [1.29, 1.82) is 0 Å². The fraction of sp³-hybridized carbons (Fsp3) is 0.929. The Hall–Kier alpha value is -0.620. The topological polar surface area (TPSA) is 66.5 Å². The summed E-state index contributed by atoms with van der Waals surface area (Å²) in [5.74, 6) is 0.802. The molecule has 0 aromatic carbocycles. The highest BCUT2D eigenvalue weighted by Gasteiger charge is 2.33. The molecule has 1 amide bonds. The molecule has 2 rings (SSSR count). The lowest BCUT2D eigenvalue weighted by molar-refractivity contribution is -0.135. The fourth-order valence-corrected chi connectivity index (χ4v) is 5.16. The zero-order chi connectivity index (χ0) is 14.8. The van der Waals surface area contributed by atoms with Gasteiger partial charge in [0.2, 0.25) is 5.91 Å². The number of likely N-dealkylation sites (N-methyl/N-ethyl adjacent to an activating group) is 1. The molecule has 0 bridgehead atoms. The predicted octanol–water partition coefficient (Wildman–Crippen LogP) is 0.800. The lowest BCUT2D eigenvalue weighted by atomic mass is 10.0. The van der Waals surface area contributed by atoms with Gasteiger partial charge in [-0.25, -0.2) is 8.42 Å². The highest BCUT2D eigenvalue weighted by Crippen LogP contribution is 2.24. The molecule has 2 heterocycles. The quantitative estimate of drug-likeness (QED) is 0.837. The van der Waals surface area contributed by atoms with Crippen LogP contribution in [0.1, 0.15) is 39.0 Å². The van der Waals surface area contributed by atoms with E-state index in [1.807, 2.05) is 11.9 Å². The summed E-state index contributed by atoms with van der Waals surface area (Å²) in [6.07, 6.45) is 4.57. The number of rotatable bonds is 3. The molecular formula is C14H26N2O3S. The van der Waals surface area contributed by atoms with Crippen molar-refractivity contribution in [2.24, 2.45) is 5.92 Å². The van der Waals surface area contributed by atoms with Crippen LogP contribution in [0.5, 0.6) is 0 Å². The zero-order valence-electron chi connectivity index (χ0n) is 12.5. The average Bonchev–Trinajstić information content (AvgIpc) is 2.50. The monoisotopic (exact) mass is 302 g/mol. The van der Waals surface area contributed by atoms with E-state index in [2.05, 4.69) is 12.2 Å². The first-order valence-electron chi connectivity index (χ1n) is 7.61. The number of nitrogens with one attached hydrogen (secondary N) is 1. The molecule has 0 aliphatic carbocycles. The van der Waals surface area contributed by atoms with Gasteiger partial charge in [-0.1, -0.05) is 0 Å². The van der Waals surface area contributed by atoms with Crippen LogP contribution in [0.25, 0.3) is 0 Å². The van der Waals surface area contributed by atoms with Crippen LogP contribution in [-0.2, 0) is 14.6 Å². The minimum absolute atomic E-state index is 0.107. The van der Waals surface area contributed by atoms with Gasteiger partial charge in [0.25, 0.3) is 0 Å². The lowest BCUT2D eigenvalue weighted by Gasteiger charge is -2.34. The number of sulfone groups is 1. The SMILES string of the molecule is CNC1CCCC(C)N(CC2CCCS(=O)(=O)C2)C1=O. The second-order valence-electron chi connectivity index (χ2n) is 6.23. The van der Waals surface area contributed by atoms with E-state index < -0.39 is 9.84 Å². The first-order valence-corrected chi connectivity index (χ1v) is 9.43. The van der Waals surface area contributed by atoms with Crippen LogP contribution in [0.3, 0.4) is 0 Å². The van der Waals surface area contributed by atoms with Gasteiger partial charge in [-0.2, -0.15) is 0 Å². The van der Waals surface area contributed by atoms with Gasteiger partial charge in [-0.3, -0.25) is 4.79 Å². The molecule has 3 unspecified atom stereocenters. The fourth-order valence-electron chi connectivity index (χ4n) is 3.39. The van der Waals surface area contributed by atoms with E-state index in [-0.39, 0.29) is 29.7 Å². The smallest absolute Gasteiger partial charge is 0.239 e. The van der Waals surface area contributed by atoms with E-state index in [4.69, 9.17) is 0 Å². The Balaban J connectivity index is 2.06. The summed E-state index contributed by atoms with van der Waals surface area (Å²) in [5, 5.41) is 3.09. The Morgan fingerprint density at radius 1 is 1.25 bits per heavy atom. The summed E-state index contributed by atoms with van der Waals surface area (Å²) in [5.41, 5.74) is 0. The molecule has 0 spiro atoms. The standard InChI is InChI=1S/C14H26N2O3S/c1-11-5-3-7-13(15-2)14(17)16(11)9-12-6-4-8-20(18,19)10-12/h11-13,15H,3-10H2,1-2H3. The van der Waals surface area contributed by atoms with Crippen molar-refractivity contribution in [2.75, 3.05) is 25.1 Å². The first-order chi connectivity index (χ1) is 9.43. The number of hydrogen-bond donors (Lipinski definition) is 1. The summed E-state index contributed by atoms with van der Waals surface area (Å²) in [4.78, 5) is 14.5. The van der Waals surface area contributed by atoms with Gasteiger partial charge in [0.1, 0.15) is 0 Å². The van der Waals surface area contributed by atoms with E-state index in [9.17, 15) is 13.2 Å². The molecule has 0 aromatic rings. The molecule has 0 radical (unpaired) electrons. The minimum Gasteiger partial charge on any atom is -0.338 e. The molecule has 6 heteroatoms. The zero-order valence-corrected chi connectivity index (χ0v) is 13.3. The Bertz CT molecular complexity index is 449. The van der Waals surface area contributed by atoms with Gasteiger partial charge in [-0.05, 0) is 52.0 Å². The van der Waals surface area contributed by atoms with E-state index >= 15 is 0 Å². The van der Waals surface area contributed by atoms with Crippen LogP contribution < -0.4 is 5.32 Å². The number of carbonyl (C=O) groups excluding carboxylic acids is 1. The lowest BCUT2D eigenvalue weighted by Crippen LogP contribution is -2.49. The third-order valence-corrected chi connectivity index (χ3v) is 6.48. The summed E-state index contributed by atoms with van der Waals surface area (Å²) in [6, 6.07) is 0.102. The molecule has 2 aliphatic rings. The largest absolute Gasteiger partial charge is 0.338 e. The average molecular weight is 302 g/mol. The highest BCUT2D eigenvalue weighted by molar-refractivity contribution is 7.91. The van der Waals surface area contributed by atoms with Crippen molar-refractivity contribution >= 4 is 15.7 Å². The van der Waals surface area contributed by atoms with Gasteiger partial charge in [0.15, 0.2) is 9.84 Å². The predicted molar refractivity (Wildman–Crippen MR) is 79.3 cm³/mol. The number of likely N-dealkylation sites (tertiary alicyclic amines) is 1. The van der Waals surface area contributed by atoms with Gasteiger partial charge >= 0.3 is 0 Å². The Morgan fingerprint density at radius 3 is 2.65 bits per heavy atom. The molecular weight excluding hydrogens is 276 g/mol. The van der Waals surface area contributed by atoms with Gasteiger partial charge in [0.05, 0.1) is 17.5 Å². The molecule has 1 N–H and O–H groups in total. The molecule has 20 heavy (non-hydrogen) atoms. The van der Waals surface area contributed by atoms with E-state index in [0.29, 0.717) is 12.3 Å². The number of amides is 1. The van der Waals surface area contributed by atoms with Crippen molar-refractivity contribution in [3.63, 3.8) is 0 Å². The second-order valence-corrected chi connectivity index (χ2v) is 8.46. The molecule has 116 valence electrons. The maximum atomic E-state index is 12.5. The number of nitrogens with zero attached hydrogens (tertiary/aromatic N) is 1. The molecule has 2 fully saturated rings. The van der Waals surface area contributed by atoms with Crippen LogP contribution in [0.2, 0.25) is 0 Å². The number of hydrogen-bond acceptors (Lipinski definition) is 4. The maximum Gasteiger partial charge on any atom is 0.239 e. The van der Waals surface area contributed by atoms with Crippen molar-refractivity contribution < 1.29 is 13.2 Å². The Labute approximate surface area is 122 Å². The normalized spacial score (nSPS) is 34.8. The van der Waals surface area contributed by atoms with Crippen LogP contribution in [-0.4, -0.2) is 56.4 Å². The van der Waals surface area contributed by atoms with Crippen molar-refractivity contribution in [1.82, 2.24) is 10.2 Å². The van der Waals surface area contributed by atoms with E-state index in [0.717, 1.165) is 32.1 Å². The van der Waals surface area contributed by atoms with Crippen molar-refractivity contribution in [2.45, 2.75) is 51.1 Å². The van der Waals surface area contributed by atoms with Gasteiger partial charge in [-0.15, -0.1) is 0 Å². The van der Waals surface area contributed by atoms with Crippen LogP contribution >= 0.6 is 0 Å². The third kappa shape index (κ3) is 3.73. The van der Waals surface area contributed by atoms with Crippen molar-refractivity contribution in [3.05, 3.63) is 0 Å². The maximum absolute atomic E-state index is 12.5. The van der Waals surface area contributed by atoms with Crippen LogP contribution in [0, 0.1) is 5.92 Å². The molecule has 2 aliphatic heterocycles. The van der Waals surface area contributed by atoms with Crippen LogP contribution in [0.15, 0.2) is 0 Å². The minimum atomic E-state index is -2.90. The summed E-state index contributed by atoms with van der Waals surface area (Å²) in [7, 11) is -1.08. The molecule has 3 atom stereocenters. The third-order valence-electron chi connectivity index (χ3n) is 4.59. The first kappa shape index (κ1) is 15.8.